The van der Waals surface area contributed by atoms with Crippen molar-refractivity contribution in [1.82, 2.24) is 4.90 Å². The zero-order valence-corrected chi connectivity index (χ0v) is 15.8. The fraction of sp³-hybridized carbons (Fsp3) is 0.333. The predicted molar refractivity (Wildman–Crippen MR) is 97.8 cm³/mol. The van der Waals surface area contributed by atoms with Gasteiger partial charge in [-0.3, -0.25) is 4.79 Å². The number of benzene rings is 1. The summed E-state index contributed by atoms with van der Waals surface area (Å²) in [4.78, 5) is 25.4. The molecule has 0 N–H and O–H groups in total. The van der Waals surface area contributed by atoms with Crippen LogP contribution in [-0.4, -0.2) is 43.6 Å². The van der Waals surface area contributed by atoms with Crippen molar-refractivity contribution in [3.8, 4) is 5.75 Å². The topological polar surface area (TPSA) is 55.8 Å². The lowest BCUT2D eigenvalue weighted by Gasteiger charge is -2.20. The monoisotopic (exact) mass is 395 g/mol. The van der Waals surface area contributed by atoms with Gasteiger partial charge in [0.2, 0.25) is 0 Å². The van der Waals surface area contributed by atoms with Gasteiger partial charge in [0.25, 0.3) is 5.91 Å². The highest BCUT2D eigenvalue weighted by atomic mass is 79.9. The zero-order valence-electron chi connectivity index (χ0n) is 14.2. The van der Waals surface area contributed by atoms with Crippen LogP contribution in [-0.2, 0) is 14.3 Å². The first-order valence-corrected chi connectivity index (χ1v) is 8.27. The van der Waals surface area contributed by atoms with Crippen molar-refractivity contribution >= 4 is 33.9 Å². The Morgan fingerprint density at radius 1 is 1.38 bits per heavy atom. The fourth-order valence-electron chi connectivity index (χ4n) is 1.97. The summed E-state index contributed by atoms with van der Waals surface area (Å²) in [6.45, 7) is 8.19. The third-order valence-corrected chi connectivity index (χ3v) is 3.62. The Bertz CT molecular complexity index is 640. The Morgan fingerprint density at radius 3 is 2.67 bits per heavy atom. The van der Waals surface area contributed by atoms with E-state index in [1.807, 2.05) is 26.0 Å². The molecule has 6 heteroatoms. The Hall–Kier alpha value is -2.08. The lowest BCUT2D eigenvalue weighted by molar-refractivity contribution is -0.147. The van der Waals surface area contributed by atoms with Gasteiger partial charge in [-0.25, -0.2) is 4.79 Å². The molecule has 0 unspecified atom stereocenters. The summed E-state index contributed by atoms with van der Waals surface area (Å²) in [6, 6.07) is 5.45. The fourth-order valence-corrected chi connectivity index (χ4v) is 2.35. The molecule has 1 aromatic rings. The summed E-state index contributed by atoms with van der Waals surface area (Å²) >= 11 is 3.36. The molecule has 1 rings (SSSR count). The Balaban J connectivity index is 2.62. The van der Waals surface area contributed by atoms with Crippen LogP contribution in [0.5, 0.6) is 5.75 Å². The van der Waals surface area contributed by atoms with E-state index >= 15 is 0 Å². The minimum Gasteiger partial charge on any atom is -0.496 e. The molecule has 24 heavy (non-hydrogen) atoms. The third kappa shape index (κ3) is 6.58. The number of nitrogens with zero attached hydrogens (tertiary/aromatic N) is 1. The third-order valence-electron chi connectivity index (χ3n) is 3.12. The van der Waals surface area contributed by atoms with E-state index < -0.39 is 5.97 Å². The van der Waals surface area contributed by atoms with Gasteiger partial charge in [-0.05, 0) is 38.1 Å². The van der Waals surface area contributed by atoms with Gasteiger partial charge in [0, 0.05) is 29.2 Å². The van der Waals surface area contributed by atoms with Crippen LogP contribution in [0.2, 0.25) is 0 Å². The molecule has 1 amide bonds. The average Bonchev–Trinajstić information content (AvgIpc) is 2.55. The number of halogens is 1. The van der Waals surface area contributed by atoms with Gasteiger partial charge in [0.15, 0.2) is 6.61 Å². The second kappa shape index (κ2) is 9.93. The summed E-state index contributed by atoms with van der Waals surface area (Å²) in [5, 5.41) is 0. The Kier molecular flexibility index (Phi) is 8.26. The largest absolute Gasteiger partial charge is 0.496 e. The second-order valence-corrected chi connectivity index (χ2v) is 6.11. The van der Waals surface area contributed by atoms with Crippen LogP contribution in [0.15, 0.2) is 40.9 Å². The summed E-state index contributed by atoms with van der Waals surface area (Å²) in [7, 11) is 1.55. The highest BCUT2D eigenvalue weighted by Crippen LogP contribution is 2.24. The van der Waals surface area contributed by atoms with Gasteiger partial charge >= 0.3 is 5.97 Å². The van der Waals surface area contributed by atoms with Gasteiger partial charge in [0.1, 0.15) is 5.75 Å². The van der Waals surface area contributed by atoms with Crippen LogP contribution >= 0.6 is 15.9 Å². The van der Waals surface area contributed by atoms with E-state index in [4.69, 9.17) is 9.47 Å². The minimum atomic E-state index is -0.586. The van der Waals surface area contributed by atoms with Crippen molar-refractivity contribution in [2.24, 2.45) is 0 Å². The van der Waals surface area contributed by atoms with E-state index in [0.717, 1.165) is 15.6 Å². The number of methoxy groups -OCH3 is 1. The first-order chi connectivity index (χ1) is 11.4. The molecule has 0 radical (unpaired) electrons. The molecule has 5 nitrogen and oxygen atoms in total. The minimum absolute atomic E-state index is 0.248. The van der Waals surface area contributed by atoms with Crippen molar-refractivity contribution in [3.63, 3.8) is 0 Å². The Morgan fingerprint density at radius 2 is 2.08 bits per heavy atom. The number of amides is 1. The van der Waals surface area contributed by atoms with Crippen LogP contribution in [0.1, 0.15) is 19.4 Å². The van der Waals surface area contributed by atoms with Gasteiger partial charge in [-0.2, -0.15) is 0 Å². The van der Waals surface area contributed by atoms with E-state index in [1.165, 1.54) is 6.08 Å². The SMILES string of the molecule is C=C(C)CN(CC)C(=O)COC(=O)/C=C/c1cc(Br)ccc1OC. The predicted octanol–water partition coefficient (Wildman–Crippen LogP) is 3.44. The molecule has 0 bridgehead atoms. The van der Waals surface area contributed by atoms with Crippen molar-refractivity contribution in [1.29, 1.82) is 0 Å². The summed E-state index contributed by atoms with van der Waals surface area (Å²) < 4.78 is 11.1. The van der Waals surface area contributed by atoms with Gasteiger partial charge < -0.3 is 14.4 Å². The average molecular weight is 396 g/mol. The molecule has 0 aliphatic carbocycles. The number of ether oxygens (including phenoxy) is 2. The van der Waals surface area contributed by atoms with Crippen molar-refractivity contribution < 1.29 is 19.1 Å². The maximum Gasteiger partial charge on any atom is 0.331 e. The molecule has 130 valence electrons. The molecule has 0 aromatic heterocycles. The maximum atomic E-state index is 12.0. The smallest absolute Gasteiger partial charge is 0.331 e. The molecule has 0 fully saturated rings. The van der Waals surface area contributed by atoms with Crippen molar-refractivity contribution in [2.45, 2.75) is 13.8 Å². The summed E-state index contributed by atoms with van der Waals surface area (Å²) in [5.41, 5.74) is 1.60. The second-order valence-electron chi connectivity index (χ2n) is 5.19. The van der Waals surface area contributed by atoms with Crippen LogP contribution < -0.4 is 4.74 Å². The summed E-state index contributed by atoms with van der Waals surface area (Å²) in [6.07, 6.45) is 2.86. The van der Waals surface area contributed by atoms with Gasteiger partial charge in [0.05, 0.1) is 7.11 Å². The number of carbonyl (C=O) groups excluding carboxylic acids is 2. The van der Waals surface area contributed by atoms with Crippen molar-refractivity contribution in [2.75, 3.05) is 26.8 Å². The van der Waals surface area contributed by atoms with E-state index in [0.29, 0.717) is 18.8 Å². The van der Waals surface area contributed by atoms with Crippen LogP contribution in [0.3, 0.4) is 0 Å². The van der Waals surface area contributed by atoms with Gasteiger partial charge in [-0.15, -0.1) is 0 Å². The molecule has 0 spiro atoms. The lowest BCUT2D eigenvalue weighted by atomic mass is 10.2. The number of hydrogen-bond acceptors (Lipinski definition) is 4. The van der Waals surface area contributed by atoms with Gasteiger partial charge in [-0.1, -0.05) is 28.1 Å². The number of carbonyl (C=O) groups is 2. The number of hydrogen-bond donors (Lipinski definition) is 0. The lowest BCUT2D eigenvalue weighted by Crippen LogP contribution is -2.35. The quantitative estimate of drug-likeness (QED) is 0.384. The molecule has 0 heterocycles. The number of likely N-dealkylation sites (N-methyl/N-ethyl adjacent to an activating group) is 1. The normalized spacial score (nSPS) is 10.5. The van der Waals surface area contributed by atoms with Crippen LogP contribution in [0, 0.1) is 0 Å². The molecule has 0 saturated carbocycles. The number of rotatable bonds is 8. The zero-order chi connectivity index (χ0) is 18.1. The van der Waals surface area contributed by atoms with Crippen molar-refractivity contribution in [3.05, 3.63) is 46.5 Å². The molecular weight excluding hydrogens is 374 g/mol. The molecule has 0 atom stereocenters. The standard InChI is InChI=1S/C18H22BrNO4/c1-5-20(11-13(2)3)17(21)12-24-18(22)9-6-14-10-15(19)7-8-16(14)23-4/h6-10H,2,5,11-12H2,1,3-4H3/b9-6+. The highest BCUT2D eigenvalue weighted by Gasteiger charge is 2.13. The summed E-state index contributed by atoms with van der Waals surface area (Å²) in [5.74, 6) is -0.198. The van der Waals surface area contributed by atoms with E-state index in [-0.39, 0.29) is 12.5 Å². The molecule has 0 aliphatic heterocycles. The Labute approximate surface area is 151 Å². The van der Waals surface area contributed by atoms with Crippen LogP contribution in [0.4, 0.5) is 0 Å². The highest BCUT2D eigenvalue weighted by molar-refractivity contribution is 9.10. The molecule has 0 aliphatic rings. The molecular formula is C18H22BrNO4. The molecule has 0 saturated heterocycles. The molecule has 1 aromatic carbocycles. The first kappa shape index (κ1) is 20.0. The maximum absolute atomic E-state index is 12.0. The van der Waals surface area contributed by atoms with E-state index in [9.17, 15) is 9.59 Å². The number of esters is 1. The van der Waals surface area contributed by atoms with Crippen LogP contribution in [0.25, 0.3) is 6.08 Å². The van der Waals surface area contributed by atoms with E-state index in [1.54, 1.807) is 24.2 Å². The first-order valence-electron chi connectivity index (χ1n) is 7.47. The van der Waals surface area contributed by atoms with E-state index in [2.05, 4.69) is 22.5 Å².